The molecule has 6 nitrogen and oxygen atoms in total. The van der Waals surface area contributed by atoms with Crippen LogP contribution in [0.2, 0.25) is 0 Å². The van der Waals surface area contributed by atoms with Crippen LogP contribution < -0.4 is 15.0 Å². The Labute approximate surface area is 178 Å². The molecule has 0 aliphatic carbocycles. The van der Waals surface area contributed by atoms with Crippen molar-refractivity contribution in [2.75, 3.05) is 13.7 Å². The smallest absolute Gasteiger partial charge is 0.258 e. The van der Waals surface area contributed by atoms with Gasteiger partial charge in [-0.1, -0.05) is 0 Å². The highest BCUT2D eigenvalue weighted by Crippen LogP contribution is 2.30. The highest BCUT2D eigenvalue weighted by atomic mass is 32.2. The van der Waals surface area contributed by atoms with Crippen LogP contribution in [0.5, 0.6) is 11.5 Å². The summed E-state index contributed by atoms with van der Waals surface area (Å²) in [5.41, 5.74) is -0.000896. The van der Waals surface area contributed by atoms with Gasteiger partial charge in [0.15, 0.2) is 11.5 Å². The Morgan fingerprint density at radius 1 is 1.13 bits per heavy atom. The Kier molecular flexibility index (Phi) is 6.79. The lowest BCUT2D eigenvalue weighted by molar-refractivity contribution is 0.0276. The summed E-state index contributed by atoms with van der Waals surface area (Å²) in [6, 6.07) is 12.7. The molecule has 158 valence electrons. The normalized spacial score (nSPS) is 11.4. The molecular weight excluding hydrogens is 407 g/mol. The SMILES string of the molecule is COc1cc(-n2cnc(CSc3ccc(F)cc3)cc2=O)ccc1OCC(C)(C)O. The van der Waals surface area contributed by atoms with Crippen LogP contribution in [-0.2, 0) is 5.75 Å². The third-order valence-corrected chi connectivity index (χ3v) is 5.12. The molecule has 0 saturated carbocycles. The zero-order valence-electron chi connectivity index (χ0n) is 17.0. The molecule has 2 aromatic carbocycles. The number of ether oxygens (including phenoxy) is 2. The van der Waals surface area contributed by atoms with E-state index in [0.717, 1.165) is 4.90 Å². The predicted octanol–water partition coefficient (Wildman–Crippen LogP) is 3.82. The van der Waals surface area contributed by atoms with Gasteiger partial charge in [0, 0.05) is 22.8 Å². The maximum atomic E-state index is 13.0. The summed E-state index contributed by atoms with van der Waals surface area (Å²) in [5, 5.41) is 9.83. The first-order valence-electron chi connectivity index (χ1n) is 9.25. The maximum Gasteiger partial charge on any atom is 0.258 e. The van der Waals surface area contributed by atoms with E-state index in [9.17, 15) is 14.3 Å². The number of benzene rings is 2. The molecule has 0 saturated heterocycles. The molecule has 0 bridgehead atoms. The Balaban J connectivity index is 1.75. The van der Waals surface area contributed by atoms with Gasteiger partial charge in [0.05, 0.1) is 24.1 Å². The van der Waals surface area contributed by atoms with Crippen molar-refractivity contribution in [2.24, 2.45) is 0 Å². The van der Waals surface area contributed by atoms with E-state index in [1.54, 1.807) is 44.2 Å². The van der Waals surface area contributed by atoms with Crippen molar-refractivity contribution in [3.63, 3.8) is 0 Å². The zero-order valence-corrected chi connectivity index (χ0v) is 17.8. The van der Waals surface area contributed by atoms with Crippen LogP contribution in [0, 0.1) is 5.82 Å². The minimum Gasteiger partial charge on any atom is -0.493 e. The van der Waals surface area contributed by atoms with Gasteiger partial charge in [-0.25, -0.2) is 9.37 Å². The molecule has 3 rings (SSSR count). The lowest BCUT2D eigenvalue weighted by Crippen LogP contribution is -2.28. The van der Waals surface area contributed by atoms with Gasteiger partial charge in [-0.05, 0) is 50.2 Å². The summed E-state index contributed by atoms with van der Waals surface area (Å²) in [6.07, 6.45) is 1.47. The van der Waals surface area contributed by atoms with Crippen molar-refractivity contribution in [3.05, 3.63) is 76.7 Å². The predicted molar refractivity (Wildman–Crippen MR) is 114 cm³/mol. The average molecular weight is 431 g/mol. The minimum absolute atomic E-state index is 0.102. The van der Waals surface area contributed by atoms with Gasteiger partial charge in [0.2, 0.25) is 0 Å². The standard InChI is InChI=1S/C22H23FN2O4S/c1-22(2,27)13-29-19-9-6-17(11-20(19)28-3)25-14-24-16(10-21(25)26)12-30-18-7-4-15(23)5-8-18/h4-11,14,27H,12-13H2,1-3H3. The molecule has 0 spiro atoms. The molecule has 0 atom stereocenters. The van der Waals surface area contributed by atoms with Crippen molar-refractivity contribution < 1.29 is 19.0 Å². The van der Waals surface area contributed by atoms with Crippen molar-refractivity contribution in [3.8, 4) is 17.2 Å². The van der Waals surface area contributed by atoms with E-state index in [1.807, 2.05) is 0 Å². The Morgan fingerprint density at radius 2 is 1.87 bits per heavy atom. The first-order valence-corrected chi connectivity index (χ1v) is 10.2. The highest BCUT2D eigenvalue weighted by Gasteiger charge is 2.16. The molecule has 0 amide bonds. The summed E-state index contributed by atoms with van der Waals surface area (Å²) in [4.78, 5) is 17.9. The van der Waals surface area contributed by atoms with Crippen molar-refractivity contribution in [1.82, 2.24) is 9.55 Å². The van der Waals surface area contributed by atoms with Crippen LogP contribution in [-0.4, -0.2) is 34.0 Å². The second kappa shape index (κ2) is 9.32. The van der Waals surface area contributed by atoms with Gasteiger partial charge in [-0.3, -0.25) is 9.36 Å². The molecule has 1 heterocycles. The second-order valence-corrected chi connectivity index (χ2v) is 8.32. The number of hydrogen-bond donors (Lipinski definition) is 1. The quantitative estimate of drug-likeness (QED) is 0.548. The van der Waals surface area contributed by atoms with Crippen LogP contribution in [0.4, 0.5) is 4.39 Å². The van der Waals surface area contributed by atoms with E-state index in [4.69, 9.17) is 9.47 Å². The highest BCUT2D eigenvalue weighted by molar-refractivity contribution is 7.98. The largest absolute Gasteiger partial charge is 0.493 e. The molecular formula is C22H23FN2O4S. The van der Waals surface area contributed by atoms with E-state index in [1.165, 1.54) is 48.0 Å². The number of hydrogen-bond acceptors (Lipinski definition) is 6. The van der Waals surface area contributed by atoms with Crippen LogP contribution >= 0.6 is 11.8 Å². The monoisotopic (exact) mass is 430 g/mol. The van der Waals surface area contributed by atoms with Gasteiger partial charge >= 0.3 is 0 Å². The van der Waals surface area contributed by atoms with Crippen molar-refractivity contribution in [2.45, 2.75) is 30.1 Å². The summed E-state index contributed by atoms with van der Waals surface area (Å²) in [6.45, 7) is 3.40. The van der Waals surface area contributed by atoms with Gasteiger partial charge in [0.1, 0.15) is 18.8 Å². The summed E-state index contributed by atoms with van der Waals surface area (Å²) >= 11 is 1.47. The molecule has 3 aromatic rings. The van der Waals surface area contributed by atoms with E-state index in [-0.39, 0.29) is 18.0 Å². The van der Waals surface area contributed by atoms with E-state index < -0.39 is 5.60 Å². The number of aliphatic hydroxyl groups is 1. The first kappa shape index (κ1) is 21.9. The summed E-state index contributed by atoms with van der Waals surface area (Å²) in [7, 11) is 1.51. The Morgan fingerprint density at radius 3 is 2.50 bits per heavy atom. The van der Waals surface area contributed by atoms with E-state index >= 15 is 0 Å². The van der Waals surface area contributed by atoms with Crippen molar-refractivity contribution >= 4 is 11.8 Å². The lowest BCUT2D eigenvalue weighted by Gasteiger charge is -2.19. The van der Waals surface area contributed by atoms with Gasteiger partial charge < -0.3 is 14.6 Å². The fraction of sp³-hybridized carbons (Fsp3) is 0.273. The molecule has 30 heavy (non-hydrogen) atoms. The average Bonchev–Trinajstić information content (AvgIpc) is 2.71. The third kappa shape index (κ3) is 5.84. The second-order valence-electron chi connectivity index (χ2n) is 7.27. The third-order valence-electron chi connectivity index (χ3n) is 4.07. The molecule has 8 heteroatoms. The van der Waals surface area contributed by atoms with Gasteiger partial charge in [-0.15, -0.1) is 11.8 Å². The zero-order chi connectivity index (χ0) is 21.7. The molecule has 0 aliphatic rings. The van der Waals surface area contributed by atoms with E-state index in [2.05, 4.69) is 4.98 Å². The van der Waals surface area contributed by atoms with Crippen LogP contribution in [0.25, 0.3) is 5.69 Å². The summed E-state index contributed by atoms with van der Waals surface area (Å²) < 4.78 is 25.4. The lowest BCUT2D eigenvalue weighted by atomic mass is 10.2. The number of methoxy groups -OCH3 is 1. The number of thioether (sulfide) groups is 1. The van der Waals surface area contributed by atoms with Gasteiger partial charge in [-0.2, -0.15) is 0 Å². The Hall–Kier alpha value is -2.84. The molecule has 0 radical (unpaired) electrons. The van der Waals surface area contributed by atoms with Crippen LogP contribution in [0.15, 0.2) is 64.5 Å². The van der Waals surface area contributed by atoms with Crippen LogP contribution in [0.3, 0.4) is 0 Å². The van der Waals surface area contributed by atoms with Gasteiger partial charge in [0.25, 0.3) is 5.56 Å². The fourth-order valence-electron chi connectivity index (χ4n) is 2.58. The molecule has 1 N–H and O–H groups in total. The number of aromatic nitrogens is 2. The van der Waals surface area contributed by atoms with Crippen molar-refractivity contribution in [1.29, 1.82) is 0 Å². The molecule has 1 aromatic heterocycles. The number of halogens is 1. The molecule has 0 fully saturated rings. The molecule has 0 aliphatic heterocycles. The number of nitrogens with zero attached hydrogens (tertiary/aromatic N) is 2. The first-order chi connectivity index (χ1) is 14.2. The maximum absolute atomic E-state index is 13.0. The molecule has 0 unspecified atom stereocenters. The summed E-state index contributed by atoms with van der Waals surface area (Å²) in [5.74, 6) is 1.12. The minimum atomic E-state index is -0.980. The van der Waals surface area contributed by atoms with Crippen LogP contribution in [0.1, 0.15) is 19.5 Å². The topological polar surface area (TPSA) is 73.6 Å². The Bertz CT molecular complexity index is 1060. The fourth-order valence-corrected chi connectivity index (χ4v) is 3.38. The van der Waals surface area contributed by atoms with E-state index in [0.29, 0.717) is 28.6 Å². The number of rotatable bonds is 8.